The highest BCUT2D eigenvalue weighted by atomic mass is 35.5. The zero-order valence-electron chi connectivity index (χ0n) is 18.7. The normalized spacial score (nSPS) is 10.9. The first-order valence-electron chi connectivity index (χ1n) is 10.3. The number of nitrogens with one attached hydrogen (secondary N) is 2. The SMILES string of the molecule is C=CCN(c1ccccc1Cl)S(=O)(=O)c1cccc(C(=O)Nc2cc(NC(C)=O)ccc2C)c1. The van der Waals surface area contributed by atoms with E-state index in [1.54, 1.807) is 42.5 Å². The molecule has 34 heavy (non-hydrogen) atoms. The topological polar surface area (TPSA) is 95.6 Å². The standard InChI is InChI=1S/C25H24ClN3O4S/c1-4-14-29(24-11-6-5-10-22(24)26)34(32,33)21-9-7-8-19(15-21)25(31)28-23-16-20(27-18(3)30)13-12-17(23)2/h4-13,15-16H,1,14H2,2-3H3,(H,27,30)(H,28,31). The number of sulfonamides is 1. The van der Waals surface area contributed by atoms with Gasteiger partial charge in [-0.2, -0.15) is 0 Å². The molecule has 0 heterocycles. The molecule has 0 aromatic heterocycles. The van der Waals surface area contributed by atoms with Gasteiger partial charge in [0.1, 0.15) is 0 Å². The summed E-state index contributed by atoms with van der Waals surface area (Å²) in [4.78, 5) is 24.2. The van der Waals surface area contributed by atoms with E-state index in [2.05, 4.69) is 17.2 Å². The molecule has 0 aliphatic carbocycles. The maximum atomic E-state index is 13.5. The summed E-state index contributed by atoms with van der Waals surface area (Å²) in [6, 6.07) is 17.5. The van der Waals surface area contributed by atoms with Gasteiger partial charge in [0.05, 0.1) is 22.2 Å². The fourth-order valence-electron chi connectivity index (χ4n) is 3.25. The highest BCUT2D eigenvalue weighted by Crippen LogP contribution is 2.30. The summed E-state index contributed by atoms with van der Waals surface area (Å²) in [5, 5.41) is 5.72. The van der Waals surface area contributed by atoms with E-state index in [0.717, 1.165) is 9.87 Å². The predicted octanol–water partition coefficient (Wildman–Crippen LogP) is 5.24. The Hall–Kier alpha value is -3.62. The number of benzene rings is 3. The Morgan fingerprint density at radius 2 is 1.76 bits per heavy atom. The lowest BCUT2D eigenvalue weighted by atomic mass is 10.1. The van der Waals surface area contributed by atoms with Crippen LogP contribution in [0.15, 0.2) is 84.3 Å². The third-order valence-corrected chi connectivity index (χ3v) is 7.00. The van der Waals surface area contributed by atoms with Crippen LogP contribution in [-0.2, 0) is 14.8 Å². The quantitative estimate of drug-likeness (QED) is 0.416. The van der Waals surface area contributed by atoms with Gasteiger partial charge in [-0.3, -0.25) is 13.9 Å². The van der Waals surface area contributed by atoms with Crippen LogP contribution in [0.2, 0.25) is 5.02 Å². The van der Waals surface area contributed by atoms with Crippen LogP contribution in [0, 0.1) is 6.92 Å². The highest BCUT2D eigenvalue weighted by Gasteiger charge is 2.26. The van der Waals surface area contributed by atoms with Gasteiger partial charge in [-0.1, -0.05) is 41.9 Å². The van der Waals surface area contributed by atoms with E-state index in [1.165, 1.54) is 37.3 Å². The molecule has 2 N–H and O–H groups in total. The lowest BCUT2D eigenvalue weighted by Crippen LogP contribution is -2.31. The summed E-state index contributed by atoms with van der Waals surface area (Å²) in [6.07, 6.45) is 1.46. The fraction of sp³-hybridized carbons (Fsp3) is 0.120. The molecule has 3 aromatic carbocycles. The molecule has 0 spiro atoms. The van der Waals surface area contributed by atoms with Crippen LogP contribution in [-0.4, -0.2) is 26.8 Å². The van der Waals surface area contributed by atoms with Crippen molar-refractivity contribution in [3.05, 3.63) is 95.5 Å². The summed E-state index contributed by atoms with van der Waals surface area (Å²) < 4.78 is 28.1. The van der Waals surface area contributed by atoms with Gasteiger partial charge in [0.25, 0.3) is 15.9 Å². The van der Waals surface area contributed by atoms with Crippen molar-refractivity contribution >= 4 is 50.5 Å². The molecule has 9 heteroatoms. The molecule has 0 fully saturated rings. The Morgan fingerprint density at radius 1 is 1.03 bits per heavy atom. The number of amides is 2. The zero-order valence-corrected chi connectivity index (χ0v) is 20.3. The van der Waals surface area contributed by atoms with E-state index in [-0.39, 0.29) is 27.9 Å². The van der Waals surface area contributed by atoms with Crippen LogP contribution in [0.4, 0.5) is 17.1 Å². The molecule has 0 unspecified atom stereocenters. The molecule has 2 amide bonds. The Kier molecular flexibility index (Phi) is 7.75. The third kappa shape index (κ3) is 5.65. The van der Waals surface area contributed by atoms with E-state index < -0.39 is 15.9 Å². The number of anilines is 3. The van der Waals surface area contributed by atoms with Crippen molar-refractivity contribution in [1.29, 1.82) is 0 Å². The van der Waals surface area contributed by atoms with E-state index in [0.29, 0.717) is 17.1 Å². The summed E-state index contributed by atoms with van der Waals surface area (Å²) in [5.41, 5.74) is 2.27. The van der Waals surface area contributed by atoms with Gasteiger partial charge in [-0.05, 0) is 55.0 Å². The van der Waals surface area contributed by atoms with Crippen molar-refractivity contribution in [3.8, 4) is 0 Å². The number of hydrogen-bond donors (Lipinski definition) is 2. The Balaban J connectivity index is 1.93. The summed E-state index contributed by atoms with van der Waals surface area (Å²) >= 11 is 6.25. The molecule has 0 saturated heterocycles. The van der Waals surface area contributed by atoms with Gasteiger partial charge in [-0.25, -0.2) is 8.42 Å². The molecule has 0 aliphatic rings. The molecule has 3 rings (SSSR count). The maximum Gasteiger partial charge on any atom is 0.264 e. The van der Waals surface area contributed by atoms with E-state index in [4.69, 9.17) is 11.6 Å². The molecule has 0 aliphatic heterocycles. The van der Waals surface area contributed by atoms with Crippen LogP contribution >= 0.6 is 11.6 Å². The molecule has 0 radical (unpaired) electrons. The van der Waals surface area contributed by atoms with Gasteiger partial charge in [-0.15, -0.1) is 6.58 Å². The fourth-order valence-corrected chi connectivity index (χ4v) is 5.04. The maximum absolute atomic E-state index is 13.5. The van der Waals surface area contributed by atoms with Gasteiger partial charge in [0, 0.05) is 23.9 Å². The Labute approximate surface area is 204 Å². The minimum Gasteiger partial charge on any atom is -0.326 e. The molecular formula is C25H24ClN3O4S. The largest absolute Gasteiger partial charge is 0.326 e. The number of rotatable bonds is 8. The number of para-hydroxylation sites is 1. The highest BCUT2D eigenvalue weighted by molar-refractivity contribution is 7.92. The van der Waals surface area contributed by atoms with Gasteiger partial charge in [0.15, 0.2) is 0 Å². The van der Waals surface area contributed by atoms with Crippen molar-refractivity contribution < 1.29 is 18.0 Å². The second kappa shape index (κ2) is 10.5. The molecular weight excluding hydrogens is 474 g/mol. The minimum absolute atomic E-state index is 0.00235. The van der Waals surface area contributed by atoms with Crippen molar-refractivity contribution in [3.63, 3.8) is 0 Å². The summed E-state index contributed by atoms with van der Waals surface area (Å²) in [5.74, 6) is -0.727. The summed E-state index contributed by atoms with van der Waals surface area (Å²) in [7, 11) is -4.05. The lowest BCUT2D eigenvalue weighted by molar-refractivity contribution is -0.114. The van der Waals surface area contributed by atoms with Crippen molar-refractivity contribution in [1.82, 2.24) is 0 Å². The number of nitrogens with zero attached hydrogens (tertiary/aromatic N) is 1. The Morgan fingerprint density at radius 3 is 2.44 bits per heavy atom. The van der Waals surface area contributed by atoms with E-state index in [9.17, 15) is 18.0 Å². The van der Waals surface area contributed by atoms with Crippen molar-refractivity contribution in [2.24, 2.45) is 0 Å². The van der Waals surface area contributed by atoms with Gasteiger partial charge in [0.2, 0.25) is 5.91 Å². The monoisotopic (exact) mass is 497 g/mol. The number of hydrogen-bond acceptors (Lipinski definition) is 4. The molecule has 3 aromatic rings. The molecule has 0 bridgehead atoms. The average Bonchev–Trinajstić information content (AvgIpc) is 2.80. The van der Waals surface area contributed by atoms with Crippen LogP contribution in [0.3, 0.4) is 0 Å². The van der Waals surface area contributed by atoms with Crippen LogP contribution in [0.5, 0.6) is 0 Å². The minimum atomic E-state index is -4.05. The Bertz CT molecular complexity index is 1360. The second-order valence-electron chi connectivity index (χ2n) is 7.47. The molecule has 0 atom stereocenters. The first-order valence-corrected chi connectivity index (χ1v) is 12.1. The average molecular weight is 498 g/mol. The third-order valence-electron chi connectivity index (χ3n) is 4.91. The van der Waals surface area contributed by atoms with Crippen molar-refractivity contribution in [2.75, 3.05) is 21.5 Å². The van der Waals surface area contributed by atoms with Gasteiger partial charge >= 0.3 is 0 Å². The van der Waals surface area contributed by atoms with Gasteiger partial charge < -0.3 is 10.6 Å². The van der Waals surface area contributed by atoms with Crippen LogP contribution < -0.4 is 14.9 Å². The smallest absolute Gasteiger partial charge is 0.264 e. The lowest BCUT2D eigenvalue weighted by Gasteiger charge is -2.24. The molecule has 176 valence electrons. The number of aryl methyl sites for hydroxylation is 1. The molecule has 7 nitrogen and oxygen atoms in total. The predicted molar refractivity (Wildman–Crippen MR) is 136 cm³/mol. The number of halogens is 1. The summed E-state index contributed by atoms with van der Waals surface area (Å²) in [6.45, 7) is 6.85. The first-order chi connectivity index (χ1) is 16.1. The van der Waals surface area contributed by atoms with Crippen LogP contribution in [0.25, 0.3) is 0 Å². The van der Waals surface area contributed by atoms with E-state index in [1.807, 2.05) is 6.92 Å². The first kappa shape index (κ1) is 25.0. The number of carbonyl (C=O) groups excluding carboxylic acids is 2. The van der Waals surface area contributed by atoms with E-state index >= 15 is 0 Å². The second-order valence-corrected chi connectivity index (χ2v) is 9.74. The zero-order chi connectivity index (χ0) is 24.9. The molecule has 0 saturated carbocycles. The van der Waals surface area contributed by atoms with Crippen LogP contribution in [0.1, 0.15) is 22.8 Å². The van der Waals surface area contributed by atoms with Crippen molar-refractivity contribution in [2.45, 2.75) is 18.7 Å². The number of carbonyl (C=O) groups is 2.